The summed E-state index contributed by atoms with van der Waals surface area (Å²) in [5.41, 5.74) is 6.85. The van der Waals surface area contributed by atoms with Gasteiger partial charge < -0.3 is 10.6 Å². The van der Waals surface area contributed by atoms with Crippen LogP contribution < -0.4 is 10.6 Å². The molecule has 0 aliphatic carbocycles. The maximum absolute atomic E-state index is 4.54. The molecule has 0 aliphatic heterocycles. The van der Waals surface area contributed by atoms with Crippen molar-refractivity contribution in [2.24, 2.45) is 0 Å². The number of nitrogens with zero attached hydrogens (tertiary/aromatic N) is 3. The second-order valence-corrected chi connectivity index (χ2v) is 6.25. The van der Waals surface area contributed by atoms with Gasteiger partial charge in [0.1, 0.15) is 0 Å². The first-order valence-electron chi connectivity index (χ1n) is 8.45. The molecule has 0 unspecified atom stereocenters. The first-order valence-corrected chi connectivity index (χ1v) is 8.45. The third-order valence-corrected chi connectivity index (χ3v) is 4.03. The van der Waals surface area contributed by atoms with E-state index in [2.05, 4.69) is 89.9 Å². The molecule has 3 rings (SSSR count). The third kappa shape index (κ3) is 4.12. The molecule has 5 nitrogen and oxygen atoms in total. The fourth-order valence-corrected chi connectivity index (χ4v) is 2.93. The van der Waals surface area contributed by atoms with Crippen LogP contribution in [0, 0.1) is 20.8 Å². The van der Waals surface area contributed by atoms with Gasteiger partial charge in [-0.25, -0.2) is 0 Å². The summed E-state index contributed by atoms with van der Waals surface area (Å²) in [5.74, 6) is 1.15. The molecule has 2 aromatic carbocycles. The van der Waals surface area contributed by atoms with Crippen molar-refractivity contribution < 1.29 is 0 Å². The average molecular weight is 333 g/mol. The van der Waals surface area contributed by atoms with E-state index in [1.165, 1.54) is 16.7 Å². The molecule has 3 aromatic rings. The van der Waals surface area contributed by atoms with Crippen molar-refractivity contribution >= 4 is 23.1 Å². The highest BCUT2D eigenvalue weighted by Crippen LogP contribution is 2.24. The molecule has 25 heavy (non-hydrogen) atoms. The van der Waals surface area contributed by atoms with E-state index < -0.39 is 0 Å². The third-order valence-electron chi connectivity index (χ3n) is 4.03. The predicted octanol–water partition coefficient (Wildman–Crippen LogP) is 4.85. The Kier molecular flexibility index (Phi) is 4.93. The van der Waals surface area contributed by atoms with E-state index in [9.17, 15) is 0 Å². The standard InChI is InChI=1S/C20H23N5/c1-5-16-8-6-7-15(4)19(16)24-20-23-18(12-21-25-20)22-17-10-13(2)9-14(3)11-17/h6-12H,5H2,1-4H3,(H2,22,23,24,25). The molecule has 5 heteroatoms. The number of aromatic nitrogens is 3. The number of hydrogen-bond acceptors (Lipinski definition) is 5. The van der Waals surface area contributed by atoms with Crippen LogP contribution in [-0.4, -0.2) is 15.2 Å². The highest BCUT2D eigenvalue weighted by Gasteiger charge is 2.08. The fourth-order valence-electron chi connectivity index (χ4n) is 2.93. The summed E-state index contributed by atoms with van der Waals surface area (Å²) in [6.07, 6.45) is 2.57. The van der Waals surface area contributed by atoms with Crippen LogP contribution in [0.4, 0.5) is 23.1 Å². The minimum absolute atomic E-state index is 0.485. The highest BCUT2D eigenvalue weighted by molar-refractivity contribution is 5.64. The van der Waals surface area contributed by atoms with Gasteiger partial charge in [-0.3, -0.25) is 0 Å². The Hall–Kier alpha value is -2.95. The predicted molar refractivity (Wildman–Crippen MR) is 103 cm³/mol. The van der Waals surface area contributed by atoms with Gasteiger partial charge in [0.2, 0.25) is 5.95 Å². The molecule has 1 heterocycles. The molecule has 0 aliphatic rings. The van der Waals surface area contributed by atoms with Crippen LogP contribution in [0.25, 0.3) is 0 Å². The molecule has 0 fully saturated rings. The van der Waals surface area contributed by atoms with E-state index in [4.69, 9.17) is 0 Å². The summed E-state index contributed by atoms with van der Waals surface area (Å²) >= 11 is 0. The first-order chi connectivity index (χ1) is 12.0. The first kappa shape index (κ1) is 16.9. The number of rotatable bonds is 5. The summed E-state index contributed by atoms with van der Waals surface area (Å²) in [6.45, 7) is 8.37. The number of benzene rings is 2. The number of anilines is 4. The molecule has 128 valence electrons. The van der Waals surface area contributed by atoms with Crippen LogP contribution >= 0.6 is 0 Å². The number of para-hydroxylation sites is 1. The largest absolute Gasteiger partial charge is 0.339 e. The normalized spacial score (nSPS) is 10.6. The molecule has 0 atom stereocenters. The van der Waals surface area contributed by atoms with Crippen molar-refractivity contribution in [1.29, 1.82) is 0 Å². The average Bonchev–Trinajstić information content (AvgIpc) is 2.56. The van der Waals surface area contributed by atoms with Gasteiger partial charge in [-0.15, -0.1) is 5.10 Å². The van der Waals surface area contributed by atoms with Gasteiger partial charge in [0, 0.05) is 11.4 Å². The van der Waals surface area contributed by atoms with E-state index >= 15 is 0 Å². The zero-order chi connectivity index (χ0) is 17.8. The summed E-state index contributed by atoms with van der Waals surface area (Å²) in [5, 5.41) is 14.8. The Bertz CT molecular complexity index is 869. The van der Waals surface area contributed by atoms with E-state index in [1.807, 2.05) is 0 Å². The second kappa shape index (κ2) is 7.30. The van der Waals surface area contributed by atoms with Crippen LogP contribution in [0.3, 0.4) is 0 Å². The minimum Gasteiger partial charge on any atom is -0.339 e. The summed E-state index contributed by atoms with van der Waals surface area (Å²) in [7, 11) is 0. The van der Waals surface area contributed by atoms with Crippen molar-refractivity contribution in [3.8, 4) is 0 Å². The van der Waals surface area contributed by atoms with Crippen molar-refractivity contribution in [2.75, 3.05) is 10.6 Å². The van der Waals surface area contributed by atoms with Crippen molar-refractivity contribution in [2.45, 2.75) is 34.1 Å². The van der Waals surface area contributed by atoms with E-state index in [-0.39, 0.29) is 0 Å². The SMILES string of the molecule is CCc1cccc(C)c1Nc1nncc(Nc2cc(C)cc(C)c2)n1. The Morgan fingerprint density at radius 1 is 0.960 bits per heavy atom. The lowest BCUT2D eigenvalue weighted by Crippen LogP contribution is -2.05. The van der Waals surface area contributed by atoms with Gasteiger partial charge in [0.05, 0.1) is 6.20 Å². The van der Waals surface area contributed by atoms with Crippen LogP contribution in [0.2, 0.25) is 0 Å². The summed E-state index contributed by atoms with van der Waals surface area (Å²) < 4.78 is 0. The van der Waals surface area contributed by atoms with Crippen LogP contribution in [0.1, 0.15) is 29.2 Å². The Morgan fingerprint density at radius 3 is 2.44 bits per heavy atom. The molecular weight excluding hydrogens is 310 g/mol. The van der Waals surface area contributed by atoms with E-state index in [0.29, 0.717) is 11.8 Å². The number of hydrogen-bond donors (Lipinski definition) is 2. The van der Waals surface area contributed by atoms with Gasteiger partial charge in [0.25, 0.3) is 0 Å². The maximum atomic E-state index is 4.54. The number of nitrogens with one attached hydrogen (secondary N) is 2. The zero-order valence-electron chi connectivity index (χ0n) is 15.1. The quantitative estimate of drug-likeness (QED) is 0.699. The monoisotopic (exact) mass is 333 g/mol. The van der Waals surface area contributed by atoms with Gasteiger partial charge in [-0.1, -0.05) is 31.2 Å². The lowest BCUT2D eigenvalue weighted by molar-refractivity contribution is 0.979. The van der Waals surface area contributed by atoms with Gasteiger partial charge in [-0.05, 0) is 61.6 Å². The van der Waals surface area contributed by atoms with Gasteiger partial charge in [0.15, 0.2) is 5.82 Å². The molecule has 0 amide bonds. The Balaban J connectivity index is 1.85. The summed E-state index contributed by atoms with van der Waals surface area (Å²) in [6, 6.07) is 12.6. The lowest BCUT2D eigenvalue weighted by Gasteiger charge is -2.13. The Labute approximate surface area is 148 Å². The van der Waals surface area contributed by atoms with E-state index in [1.54, 1.807) is 6.20 Å². The Morgan fingerprint density at radius 2 is 1.72 bits per heavy atom. The smallest absolute Gasteiger partial charge is 0.249 e. The van der Waals surface area contributed by atoms with Crippen LogP contribution in [0.5, 0.6) is 0 Å². The molecular formula is C20H23N5. The molecule has 0 saturated heterocycles. The molecule has 1 aromatic heterocycles. The highest BCUT2D eigenvalue weighted by atomic mass is 15.3. The van der Waals surface area contributed by atoms with Crippen molar-refractivity contribution in [3.05, 3.63) is 64.8 Å². The summed E-state index contributed by atoms with van der Waals surface area (Å²) in [4.78, 5) is 4.54. The maximum Gasteiger partial charge on any atom is 0.249 e. The molecule has 2 N–H and O–H groups in total. The van der Waals surface area contributed by atoms with Crippen molar-refractivity contribution in [3.63, 3.8) is 0 Å². The molecule has 0 spiro atoms. The molecule has 0 bridgehead atoms. The fraction of sp³-hybridized carbons (Fsp3) is 0.250. The zero-order valence-corrected chi connectivity index (χ0v) is 15.1. The molecule has 0 radical (unpaired) electrons. The van der Waals surface area contributed by atoms with Crippen molar-refractivity contribution in [1.82, 2.24) is 15.2 Å². The van der Waals surface area contributed by atoms with Gasteiger partial charge >= 0.3 is 0 Å². The minimum atomic E-state index is 0.485. The van der Waals surface area contributed by atoms with E-state index in [0.717, 1.165) is 23.4 Å². The van der Waals surface area contributed by atoms with Gasteiger partial charge in [-0.2, -0.15) is 10.1 Å². The van der Waals surface area contributed by atoms with Crippen LogP contribution in [0.15, 0.2) is 42.6 Å². The molecule has 0 saturated carbocycles. The topological polar surface area (TPSA) is 62.7 Å². The lowest BCUT2D eigenvalue weighted by atomic mass is 10.1. The number of aryl methyl sites for hydroxylation is 4. The second-order valence-electron chi connectivity index (χ2n) is 6.25. The van der Waals surface area contributed by atoms with Crippen LogP contribution in [-0.2, 0) is 6.42 Å².